The van der Waals surface area contributed by atoms with Crippen LogP contribution in [0.15, 0.2) is 30.3 Å². The largest absolute Gasteiger partial charge is 0.486 e. The molecule has 0 aliphatic carbocycles. The molecule has 94 valence electrons. The number of ether oxygens (including phenoxy) is 2. The van der Waals surface area contributed by atoms with E-state index in [9.17, 15) is 0 Å². The van der Waals surface area contributed by atoms with Gasteiger partial charge in [-0.15, -0.1) is 0 Å². The predicted molar refractivity (Wildman–Crippen MR) is 69.1 cm³/mol. The van der Waals surface area contributed by atoms with Gasteiger partial charge < -0.3 is 9.47 Å². The highest BCUT2D eigenvalue weighted by molar-refractivity contribution is 6.29. The summed E-state index contributed by atoms with van der Waals surface area (Å²) in [6.07, 6.45) is 0. The molecule has 0 spiro atoms. The molecule has 2 aromatic rings. The van der Waals surface area contributed by atoms with Gasteiger partial charge in [0.25, 0.3) is 0 Å². The second kappa shape index (κ2) is 5.69. The normalized spacial score (nSPS) is 10.2. The molecular weight excluding hydrogens is 252 g/mol. The van der Waals surface area contributed by atoms with E-state index in [0.29, 0.717) is 16.9 Å². The van der Waals surface area contributed by atoms with E-state index >= 15 is 0 Å². The summed E-state index contributed by atoms with van der Waals surface area (Å²) in [5.74, 6) is 1.68. The summed E-state index contributed by atoms with van der Waals surface area (Å²) < 4.78 is 10.6. The number of methoxy groups -OCH3 is 1. The monoisotopic (exact) mass is 264 g/mol. The Hall–Kier alpha value is -1.81. The molecule has 0 radical (unpaired) electrons. The molecule has 1 aromatic carbocycles. The zero-order valence-electron chi connectivity index (χ0n) is 10.2. The third-order valence-corrected chi connectivity index (χ3v) is 2.51. The molecule has 0 aliphatic heterocycles. The van der Waals surface area contributed by atoms with Crippen LogP contribution in [0, 0.1) is 6.92 Å². The van der Waals surface area contributed by atoms with Gasteiger partial charge in [-0.05, 0) is 19.1 Å². The second-order valence-corrected chi connectivity index (χ2v) is 4.14. The van der Waals surface area contributed by atoms with Crippen LogP contribution < -0.4 is 9.47 Å². The number of halogens is 1. The molecule has 0 saturated heterocycles. The Balaban J connectivity index is 2.05. The van der Waals surface area contributed by atoms with Crippen molar-refractivity contribution in [3.63, 3.8) is 0 Å². The Morgan fingerprint density at radius 1 is 1.17 bits per heavy atom. The van der Waals surface area contributed by atoms with Crippen LogP contribution >= 0.6 is 11.6 Å². The minimum absolute atomic E-state index is 0.250. The molecule has 0 bridgehead atoms. The van der Waals surface area contributed by atoms with Gasteiger partial charge >= 0.3 is 0 Å². The van der Waals surface area contributed by atoms with Gasteiger partial charge in [0.05, 0.1) is 7.11 Å². The van der Waals surface area contributed by atoms with Crippen molar-refractivity contribution >= 4 is 11.6 Å². The number of rotatable bonds is 4. The van der Waals surface area contributed by atoms with Crippen LogP contribution in [0.25, 0.3) is 0 Å². The standard InChI is InChI=1S/C13H13ClN2O2/c1-9-3-5-10(6-4-9)18-8-12-15-11(14)7-13(16-12)17-2/h3-7H,8H2,1-2H3. The Labute approximate surface area is 111 Å². The topological polar surface area (TPSA) is 44.2 Å². The highest BCUT2D eigenvalue weighted by atomic mass is 35.5. The lowest BCUT2D eigenvalue weighted by molar-refractivity contribution is 0.292. The molecule has 4 nitrogen and oxygen atoms in total. The number of hydrogen-bond donors (Lipinski definition) is 0. The molecule has 5 heteroatoms. The van der Waals surface area contributed by atoms with Crippen LogP contribution in [0.4, 0.5) is 0 Å². The first-order valence-corrected chi connectivity index (χ1v) is 5.82. The fourth-order valence-corrected chi connectivity index (χ4v) is 1.58. The van der Waals surface area contributed by atoms with E-state index in [2.05, 4.69) is 9.97 Å². The van der Waals surface area contributed by atoms with Crippen molar-refractivity contribution in [3.05, 3.63) is 46.9 Å². The quantitative estimate of drug-likeness (QED) is 0.796. The minimum atomic E-state index is 0.250. The highest BCUT2D eigenvalue weighted by Crippen LogP contribution is 2.16. The molecule has 1 heterocycles. The molecule has 2 rings (SSSR count). The molecule has 0 aliphatic rings. The molecule has 18 heavy (non-hydrogen) atoms. The summed E-state index contributed by atoms with van der Waals surface area (Å²) in [6, 6.07) is 9.31. The molecule has 1 aromatic heterocycles. The average molecular weight is 265 g/mol. The summed E-state index contributed by atoms with van der Waals surface area (Å²) in [7, 11) is 1.53. The van der Waals surface area contributed by atoms with Gasteiger partial charge in [0.1, 0.15) is 17.5 Å². The van der Waals surface area contributed by atoms with Crippen LogP contribution in [0.2, 0.25) is 5.15 Å². The summed E-state index contributed by atoms with van der Waals surface area (Å²) in [5, 5.41) is 0.337. The molecule has 0 unspecified atom stereocenters. The fourth-order valence-electron chi connectivity index (χ4n) is 1.39. The van der Waals surface area contributed by atoms with Gasteiger partial charge in [-0.2, -0.15) is 4.98 Å². The van der Waals surface area contributed by atoms with E-state index in [4.69, 9.17) is 21.1 Å². The van der Waals surface area contributed by atoms with Crippen molar-refractivity contribution < 1.29 is 9.47 Å². The molecule has 0 atom stereocenters. The zero-order chi connectivity index (χ0) is 13.0. The maximum absolute atomic E-state index is 5.84. The van der Waals surface area contributed by atoms with E-state index in [1.54, 1.807) is 6.07 Å². The molecule has 0 amide bonds. The Morgan fingerprint density at radius 3 is 2.56 bits per heavy atom. The highest BCUT2D eigenvalue weighted by Gasteiger charge is 2.04. The molecule has 0 N–H and O–H groups in total. The predicted octanol–water partition coefficient (Wildman–Crippen LogP) is 3.03. The SMILES string of the molecule is COc1cc(Cl)nc(COc2ccc(C)cc2)n1. The van der Waals surface area contributed by atoms with Gasteiger partial charge in [0.15, 0.2) is 5.82 Å². The van der Waals surface area contributed by atoms with E-state index in [-0.39, 0.29) is 6.61 Å². The first-order chi connectivity index (χ1) is 8.67. The average Bonchev–Trinajstić information content (AvgIpc) is 2.37. The van der Waals surface area contributed by atoms with Crippen molar-refractivity contribution in [2.45, 2.75) is 13.5 Å². The summed E-state index contributed by atoms with van der Waals surface area (Å²) >= 11 is 5.84. The number of aromatic nitrogens is 2. The van der Waals surface area contributed by atoms with Crippen molar-refractivity contribution in [1.82, 2.24) is 9.97 Å². The van der Waals surface area contributed by atoms with Crippen LogP contribution in [-0.4, -0.2) is 17.1 Å². The van der Waals surface area contributed by atoms with Crippen LogP contribution in [0.1, 0.15) is 11.4 Å². The van der Waals surface area contributed by atoms with Crippen LogP contribution in [-0.2, 0) is 6.61 Å². The lowest BCUT2D eigenvalue weighted by Gasteiger charge is -2.07. The fraction of sp³-hybridized carbons (Fsp3) is 0.231. The maximum atomic E-state index is 5.84. The minimum Gasteiger partial charge on any atom is -0.486 e. The summed E-state index contributed by atoms with van der Waals surface area (Å²) in [6.45, 7) is 2.27. The van der Waals surface area contributed by atoms with Gasteiger partial charge in [-0.3, -0.25) is 0 Å². The lowest BCUT2D eigenvalue weighted by Crippen LogP contribution is -2.03. The van der Waals surface area contributed by atoms with Crippen molar-refractivity contribution in [3.8, 4) is 11.6 Å². The van der Waals surface area contributed by atoms with Crippen molar-refractivity contribution in [2.75, 3.05) is 7.11 Å². The van der Waals surface area contributed by atoms with Gasteiger partial charge in [0.2, 0.25) is 5.88 Å². The van der Waals surface area contributed by atoms with E-state index in [0.717, 1.165) is 5.75 Å². The Bertz CT molecular complexity index is 529. The van der Waals surface area contributed by atoms with Gasteiger partial charge in [-0.25, -0.2) is 4.98 Å². The van der Waals surface area contributed by atoms with Gasteiger partial charge in [-0.1, -0.05) is 29.3 Å². The smallest absolute Gasteiger partial charge is 0.217 e. The molecule has 0 saturated carbocycles. The molecule has 0 fully saturated rings. The van der Waals surface area contributed by atoms with Crippen LogP contribution in [0.5, 0.6) is 11.6 Å². The van der Waals surface area contributed by atoms with E-state index < -0.39 is 0 Å². The van der Waals surface area contributed by atoms with E-state index in [1.807, 2.05) is 31.2 Å². The van der Waals surface area contributed by atoms with E-state index in [1.165, 1.54) is 12.7 Å². The third-order valence-electron chi connectivity index (χ3n) is 2.32. The first kappa shape index (κ1) is 12.6. The zero-order valence-corrected chi connectivity index (χ0v) is 10.9. The number of benzene rings is 1. The van der Waals surface area contributed by atoms with Crippen molar-refractivity contribution in [1.29, 1.82) is 0 Å². The maximum Gasteiger partial charge on any atom is 0.217 e. The summed E-state index contributed by atoms with van der Waals surface area (Å²) in [5.41, 5.74) is 1.18. The Kier molecular flexibility index (Phi) is 3.99. The number of nitrogens with zero attached hydrogens (tertiary/aromatic N) is 2. The second-order valence-electron chi connectivity index (χ2n) is 3.75. The number of aryl methyl sites for hydroxylation is 1. The third kappa shape index (κ3) is 3.34. The van der Waals surface area contributed by atoms with Crippen molar-refractivity contribution in [2.24, 2.45) is 0 Å². The lowest BCUT2D eigenvalue weighted by atomic mass is 10.2. The van der Waals surface area contributed by atoms with Gasteiger partial charge in [0, 0.05) is 6.07 Å². The molecular formula is C13H13ClN2O2. The van der Waals surface area contributed by atoms with Crippen LogP contribution in [0.3, 0.4) is 0 Å². The first-order valence-electron chi connectivity index (χ1n) is 5.44. The Morgan fingerprint density at radius 2 is 1.89 bits per heavy atom. The summed E-state index contributed by atoms with van der Waals surface area (Å²) in [4.78, 5) is 8.21. The number of hydrogen-bond acceptors (Lipinski definition) is 4.